The molecule has 1 rings (SSSR count). The summed E-state index contributed by atoms with van der Waals surface area (Å²) >= 11 is 2.08. The molecule has 1 heterocycles. The highest BCUT2D eigenvalue weighted by molar-refractivity contribution is 14.1. The Bertz CT molecular complexity index is 319. The highest BCUT2D eigenvalue weighted by atomic mass is 127. The van der Waals surface area contributed by atoms with E-state index in [-0.39, 0.29) is 5.56 Å². The Balaban J connectivity index is 2.67. The fourth-order valence-corrected chi connectivity index (χ4v) is 1.73. The second-order valence-corrected chi connectivity index (χ2v) is 4.22. The van der Waals surface area contributed by atoms with E-state index in [4.69, 9.17) is 0 Å². The van der Waals surface area contributed by atoms with Crippen molar-refractivity contribution >= 4 is 22.6 Å². The molecule has 0 aliphatic carbocycles. The van der Waals surface area contributed by atoms with Crippen LogP contribution in [0.25, 0.3) is 0 Å². The van der Waals surface area contributed by atoms with E-state index in [9.17, 15) is 4.79 Å². The molecule has 0 amide bonds. The number of hydrogen-bond donors (Lipinski definition) is 0. The van der Waals surface area contributed by atoms with Crippen LogP contribution in [0.4, 0.5) is 0 Å². The molecular weight excluding hydrogens is 277 g/mol. The number of aryl methyl sites for hydroxylation is 1. The zero-order valence-corrected chi connectivity index (χ0v) is 9.95. The second kappa shape index (κ2) is 5.42. The molecule has 72 valence electrons. The first-order valence-corrected chi connectivity index (χ1v) is 5.68. The number of rotatable bonds is 4. The van der Waals surface area contributed by atoms with Gasteiger partial charge in [-0.25, -0.2) is 0 Å². The van der Waals surface area contributed by atoms with Crippen LogP contribution in [0.2, 0.25) is 0 Å². The Kier molecular flexibility index (Phi) is 4.48. The molecule has 0 atom stereocenters. The van der Waals surface area contributed by atoms with E-state index in [0.29, 0.717) is 0 Å². The summed E-state index contributed by atoms with van der Waals surface area (Å²) in [7, 11) is 0. The van der Waals surface area contributed by atoms with Gasteiger partial charge in [-0.05, 0) is 41.1 Å². The lowest BCUT2D eigenvalue weighted by Crippen LogP contribution is -2.21. The summed E-state index contributed by atoms with van der Waals surface area (Å²) in [6, 6.07) is 3.77. The first-order chi connectivity index (χ1) is 6.25. The van der Waals surface area contributed by atoms with Gasteiger partial charge in [0, 0.05) is 12.7 Å². The molecule has 0 aliphatic rings. The average Bonchev–Trinajstić information content (AvgIpc) is 2.13. The number of nitrogens with zero attached hydrogens (tertiary/aromatic N) is 1. The smallest absolute Gasteiger partial charge is 0.263 e. The van der Waals surface area contributed by atoms with Gasteiger partial charge < -0.3 is 4.57 Å². The monoisotopic (exact) mass is 291 g/mol. The SMILES string of the molecule is CCCCCn1cccc(I)c1=O. The normalized spacial score (nSPS) is 10.3. The minimum Gasteiger partial charge on any atom is -0.315 e. The van der Waals surface area contributed by atoms with E-state index in [1.54, 1.807) is 4.57 Å². The number of aromatic nitrogens is 1. The maximum atomic E-state index is 11.5. The van der Waals surface area contributed by atoms with Crippen LogP contribution in [-0.4, -0.2) is 4.57 Å². The Morgan fingerprint density at radius 2 is 2.23 bits per heavy atom. The van der Waals surface area contributed by atoms with Crippen molar-refractivity contribution in [3.05, 3.63) is 32.3 Å². The van der Waals surface area contributed by atoms with Gasteiger partial charge in [-0.2, -0.15) is 0 Å². The highest BCUT2D eigenvalue weighted by Gasteiger charge is 1.98. The predicted octanol–water partition coefficient (Wildman–Crippen LogP) is 2.64. The van der Waals surface area contributed by atoms with Crippen LogP contribution in [0.1, 0.15) is 26.2 Å². The number of pyridine rings is 1. The van der Waals surface area contributed by atoms with Crippen molar-refractivity contribution in [2.75, 3.05) is 0 Å². The third kappa shape index (κ3) is 3.14. The molecule has 0 N–H and O–H groups in total. The van der Waals surface area contributed by atoms with Crippen molar-refractivity contribution in [2.45, 2.75) is 32.7 Å². The van der Waals surface area contributed by atoms with Crippen LogP contribution in [0.3, 0.4) is 0 Å². The van der Waals surface area contributed by atoms with Crippen LogP contribution < -0.4 is 5.56 Å². The van der Waals surface area contributed by atoms with Crippen molar-refractivity contribution < 1.29 is 0 Å². The van der Waals surface area contributed by atoms with Crippen LogP contribution in [0.5, 0.6) is 0 Å². The maximum Gasteiger partial charge on any atom is 0.263 e. The molecule has 0 aromatic carbocycles. The zero-order chi connectivity index (χ0) is 9.68. The summed E-state index contributed by atoms with van der Waals surface area (Å²) in [6.07, 6.45) is 5.34. The molecule has 0 radical (unpaired) electrons. The average molecular weight is 291 g/mol. The second-order valence-electron chi connectivity index (χ2n) is 3.06. The minimum atomic E-state index is 0.138. The van der Waals surface area contributed by atoms with Gasteiger partial charge in [0.25, 0.3) is 5.56 Å². The van der Waals surface area contributed by atoms with E-state index in [2.05, 4.69) is 29.5 Å². The van der Waals surface area contributed by atoms with Crippen LogP contribution >= 0.6 is 22.6 Å². The number of halogens is 1. The molecule has 0 bridgehead atoms. The van der Waals surface area contributed by atoms with Gasteiger partial charge in [0.2, 0.25) is 0 Å². The molecule has 3 heteroatoms. The lowest BCUT2D eigenvalue weighted by atomic mass is 10.2. The van der Waals surface area contributed by atoms with E-state index >= 15 is 0 Å². The maximum absolute atomic E-state index is 11.5. The van der Waals surface area contributed by atoms with Crippen molar-refractivity contribution in [3.63, 3.8) is 0 Å². The van der Waals surface area contributed by atoms with Gasteiger partial charge >= 0.3 is 0 Å². The molecule has 0 spiro atoms. The summed E-state index contributed by atoms with van der Waals surface area (Å²) < 4.78 is 2.59. The lowest BCUT2D eigenvalue weighted by molar-refractivity contribution is 0.586. The van der Waals surface area contributed by atoms with Crippen LogP contribution in [0.15, 0.2) is 23.1 Å². The van der Waals surface area contributed by atoms with Gasteiger partial charge in [-0.3, -0.25) is 4.79 Å². The molecule has 0 fully saturated rings. The third-order valence-corrected chi connectivity index (χ3v) is 2.80. The first kappa shape index (κ1) is 10.8. The molecule has 0 unspecified atom stereocenters. The van der Waals surface area contributed by atoms with Gasteiger partial charge in [-0.1, -0.05) is 19.8 Å². The minimum absolute atomic E-state index is 0.138. The van der Waals surface area contributed by atoms with Gasteiger partial charge in [0.1, 0.15) is 0 Å². The Labute approximate surface area is 92.1 Å². The number of unbranched alkanes of at least 4 members (excludes halogenated alkanes) is 2. The topological polar surface area (TPSA) is 22.0 Å². The Morgan fingerprint density at radius 1 is 1.46 bits per heavy atom. The summed E-state index contributed by atoms with van der Waals surface area (Å²) in [6.45, 7) is 3.01. The van der Waals surface area contributed by atoms with E-state index in [0.717, 1.165) is 16.5 Å². The summed E-state index contributed by atoms with van der Waals surface area (Å²) in [5.74, 6) is 0. The summed E-state index contributed by atoms with van der Waals surface area (Å²) in [5, 5.41) is 0. The Hall–Kier alpha value is -0.320. The van der Waals surface area contributed by atoms with Crippen molar-refractivity contribution in [3.8, 4) is 0 Å². The predicted molar refractivity (Wildman–Crippen MR) is 62.9 cm³/mol. The van der Waals surface area contributed by atoms with Crippen molar-refractivity contribution in [1.29, 1.82) is 0 Å². The molecule has 0 aliphatic heterocycles. The molecular formula is C10H14INO. The van der Waals surface area contributed by atoms with Gasteiger partial charge in [-0.15, -0.1) is 0 Å². The number of hydrogen-bond acceptors (Lipinski definition) is 1. The summed E-state index contributed by atoms with van der Waals surface area (Å²) in [5.41, 5.74) is 0.138. The molecule has 13 heavy (non-hydrogen) atoms. The fourth-order valence-electron chi connectivity index (χ4n) is 1.22. The largest absolute Gasteiger partial charge is 0.315 e. The van der Waals surface area contributed by atoms with Crippen LogP contribution in [-0.2, 0) is 6.54 Å². The van der Waals surface area contributed by atoms with Crippen LogP contribution in [0, 0.1) is 3.57 Å². The van der Waals surface area contributed by atoms with Gasteiger partial charge in [0.15, 0.2) is 0 Å². The highest BCUT2D eigenvalue weighted by Crippen LogP contribution is 1.99. The van der Waals surface area contributed by atoms with Crippen molar-refractivity contribution in [1.82, 2.24) is 4.57 Å². The van der Waals surface area contributed by atoms with E-state index < -0.39 is 0 Å². The third-order valence-electron chi connectivity index (χ3n) is 1.98. The molecule has 2 nitrogen and oxygen atoms in total. The standard InChI is InChI=1S/C10H14INO/c1-2-3-4-7-12-8-5-6-9(11)10(12)13/h5-6,8H,2-4,7H2,1H3. The fraction of sp³-hybridized carbons (Fsp3) is 0.500. The van der Waals surface area contributed by atoms with E-state index in [1.807, 2.05) is 18.3 Å². The Morgan fingerprint density at radius 3 is 2.92 bits per heavy atom. The molecule has 1 aromatic rings. The first-order valence-electron chi connectivity index (χ1n) is 4.60. The molecule has 1 aromatic heterocycles. The van der Waals surface area contributed by atoms with Crippen molar-refractivity contribution in [2.24, 2.45) is 0 Å². The van der Waals surface area contributed by atoms with E-state index in [1.165, 1.54) is 12.8 Å². The lowest BCUT2D eigenvalue weighted by Gasteiger charge is -2.04. The quantitative estimate of drug-likeness (QED) is 0.617. The van der Waals surface area contributed by atoms with Gasteiger partial charge in [0.05, 0.1) is 3.57 Å². The molecule has 0 saturated heterocycles. The summed E-state index contributed by atoms with van der Waals surface area (Å²) in [4.78, 5) is 11.5. The zero-order valence-electron chi connectivity index (χ0n) is 7.79. The molecule has 0 saturated carbocycles.